The highest BCUT2D eigenvalue weighted by atomic mass is 16.6. The fraction of sp³-hybridized carbons (Fsp3) is 0.905. The van der Waals surface area contributed by atoms with Crippen LogP contribution in [0.5, 0.6) is 0 Å². The molecule has 5 N–H and O–H groups in total. The predicted molar refractivity (Wildman–Crippen MR) is 231 cm³/mol. The third-order valence-electron chi connectivity index (χ3n) is 8.10. The third-order valence-corrected chi connectivity index (χ3v) is 8.10. The van der Waals surface area contributed by atoms with Gasteiger partial charge in [-0.15, -0.1) is 0 Å². The van der Waals surface area contributed by atoms with Crippen molar-refractivity contribution in [2.75, 3.05) is 158 Å². The Labute approximate surface area is 365 Å². The second kappa shape index (κ2) is 44.1. The van der Waals surface area contributed by atoms with E-state index >= 15 is 0 Å². The van der Waals surface area contributed by atoms with E-state index < -0.39 is 5.54 Å². The molecule has 0 radical (unpaired) electrons. The number of amides is 4. The van der Waals surface area contributed by atoms with E-state index in [1.165, 1.54) is 0 Å². The van der Waals surface area contributed by atoms with Crippen LogP contribution in [-0.2, 0) is 66.5 Å². The van der Waals surface area contributed by atoms with Crippen LogP contribution in [0.1, 0.15) is 79.6 Å². The van der Waals surface area contributed by atoms with E-state index in [1.54, 1.807) is 0 Å². The monoisotopic (exact) mass is 882 g/mol. The summed E-state index contributed by atoms with van der Waals surface area (Å²) in [6.45, 7) is 18.4. The molecule has 61 heavy (non-hydrogen) atoms. The summed E-state index contributed by atoms with van der Waals surface area (Å²) in [5.41, 5.74) is -1.23. The summed E-state index contributed by atoms with van der Waals surface area (Å²) in [6, 6.07) is 0.427. The van der Waals surface area contributed by atoms with Gasteiger partial charge in [-0.1, -0.05) is 34.6 Å². The first-order chi connectivity index (χ1) is 29.7. The Morgan fingerprint density at radius 2 is 0.672 bits per heavy atom. The molecule has 360 valence electrons. The summed E-state index contributed by atoms with van der Waals surface area (Å²) in [5, 5.41) is 14.7. The largest absolute Gasteiger partial charge is 0.380 e. The molecule has 0 unspecified atom stereocenters. The van der Waals surface area contributed by atoms with Crippen molar-refractivity contribution in [1.29, 1.82) is 0 Å². The molecule has 4 amide bonds. The molecule has 19 heteroatoms. The predicted octanol–water partition coefficient (Wildman–Crippen LogP) is 1.14. The Bertz CT molecular complexity index is 963. The molecule has 0 aromatic carbocycles. The molecular weight excluding hydrogens is 798 g/mol. The number of carbonyl (C=O) groups is 4. The van der Waals surface area contributed by atoms with Gasteiger partial charge in [-0.2, -0.15) is 0 Å². The van der Waals surface area contributed by atoms with Gasteiger partial charge in [0.25, 0.3) is 0 Å². The van der Waals surface area contributed by atoms with Gasteiger partial charge >= 0.3 is 0 Å². The highest BCUT2D eigenvalue weighted by Gasteiger charge is 2.34. The summed E-state index contributed by atoms with van der Waals surface area (Å²) in [6.07, 6.45) is 2.94. The number of hydrogen-bond donors (Lipinski definition) is 5. The molecule has 0 aromatic rings. The van der Waals surface area contributed by atoms with Crippen molar-refractivity contribution >= 4 is 23.6 Å². The van der Waals surface area contributed by atoms with E-state index in [0.29, 0.717) is 105 Å². The molecule has 0 spiro atoms. The zero-order valence-corrected chi connectivity index (χ0v) is 38.2. The normalized spacial score (nSPS) is 11.6. The maximum absolute atomic E-state index is 13.4. The molecule has 0 atom stereocenters. The molecule has 19 nitrogen and oxygen atoms in total. The summed E-state index contributed by atoms with van der Waals surface area (Å²) in [5.74, 6) is -0.970. The molecule has 0 aliphatic heterocycles. The topological polar surface area (TPSA) is 221 Å². The first-order valence-corrected chi connectivity index (χ1v) is 22.3. The highest BCUT2D eigenvalue weighted by molar-refractivity contribution is 5.77. The molecule has 0 rings (SSSR count). The van der Waals surface area contributed by atoms with Gasteiger partial charge in [0.05, 0.1) is 112 Å². The minimum atomic E-state index is -1.23. The smallest absolute Gasteiger partial charge is 0.222 e. The maximum atomic E-state index is 13.4. The minimum Gasteiger partial charge on any atom is -0.380 e. The van der Waals surface area contributed by atoms with Crippen LogP contribution < -0.4 is 26.6 Å². The van der Waals surface area contributed by atoms with Gasteiger partial charge in [0.2, 0.25) is 23.6 Å². The van der Waals surface area contributed by atoms with Crippen molar-refractivity contribution < 1.29 is 66.5 Å². The molecule has 0 heterocycles. The van der Waals surface area contributed by atoms with Gasteiger partial charge in [-0.05, 0) is 19.3 Å². The number of ether oxygens (including phenoxy) is 10. The third kappa shape index (κ3) is 41.2. The van der Waals surface area contributed by atoms with Gasteiger partial charge in [0, 0.05) is 77.7 Å². The quantitative estimate of drug-likeness (QED) is 0.0542. The number of nitrogens with one attached hydrogen (secondary N) is 5. The van der Waals surface area contributed by atoms with E-state index in [-0.39, 0.29) is 102 Å². The van der Waals surface area contributed by atoms with Crippen LogP contribution in [0.25, 0.3) is 0 Å². The molecule has 0 fully saturated rings. The summed E-state index contributed by atoms with van der Waals surface area (Å²) >= 11 is 0. The lowest BCUT2D eigenvalue weighted by atomic mass is 10.0. The van der Waals surface area contributed by atoms with Crippen molar-refractivity contribution in [2.24, 2.45) is 0 Å². The van der Waals surface area contributed by atoms with Gasteiger partial charge in [0.15, 0.2) is 0 Å². The number of carbonyl (C=O) groups excluding carboxylic acids is 4. The fourth-order valence-electron chi connectivity index (χ4n) is 5.03. The Balaban J connectivity index is 5.21. The second-order valence-electron chi connectivity index (χ2n) is 14.4. The molecule has 0 aliphatic rings. The van der Waals surface area contributed by atoms with Gasteiger partial charge in [-0.3, -0.25) is 19.2 Å². The molecular formula is C42H83N5O14. The van der Waals surface area contributed by atoms with Crippen LogP contribution in [0.2, 0.25) is 0 Å². The molecule has 0 aliphatic carbocycles. The van der Waals surface area contributed by atoms with Crippen molar-refractivity contribution in [3.05, 3.63) is 0 Å². The zero-order chi connectivity index (χ0) is 44.9. The van der Waals surface area contributed by atoms with Crippen LogP contribution in [0, 0.1) is 0 Å². The van der Waals surface area contributed by atoms with Crippen molar-refractivity contribution in [1.82, 2.24) is 26.6 Å². The average Bonchev–Trinajstić information content (AvgIpc) is 3.23. The summed E-state index contributed by atoms with van der Waals surface area (Å²) in [4.78, 5) is 50.6. The summed E-state index contributed by atoms with van der Waals surface area (Å²) < 4.78 is 56.4. The van der Waals surface area contributed by atoms with Crippen molar-refractivity contribution in [2.45, 2.75) is 91.1 Å². The van der Waals surface area contributed by atoms with E-state index in [1.807, 2.05) is 20.8 Å². The lowest BCUT2D eigenvalue weighted by Crippen LogP contribution is -2.59. The van der Waals surface area contributed by atoms with Crippen LogP contribution in [0.3, 0.4) is 0 Å². The van der Waals surface area contributed by atoms with Crippen LogP contribution in [-0.4, -0.2) is 194 Å². The van der Waals surface area contributed by atoms with E-state index in [4.69, 9.17) is 47.4 Å². The van der Waals surface area contributed by atoms with E-state index in [2.05, 4.69) is 40.4 Å². The first-order valence-electron chi connectivity index (χ1n) is 22.3. The van der Waals surface area contributed by atoms with Crippen LogP contribution in [0.15, 0.2) is 0 Å². The molecule has 0 saturated carbocycles. The number of hydrogen-bond acceptors (Lipinski definition) is 15. The Morgan fingerprint density at radius 1 is 0.377 bits per heavy atom. The van der Waals surface area contributed by atoms with Crippen LogP contribution >= 0.6 is 0 Å². The SMILES string of the molecule is CCCOCCNC(=O)CCOCC(COCCC(=O)NCCOCCC)(COCCC(=O)NCCOCCC)NC(=O)CCOCCOCCOCCOCCNC(C)C. The second-order valence-corrected chi connectivity index (χ2v) is 14.4. The molecule has 0 aromatic heterocycles. The maximum Gasteiger partial charge on any atom is 0.222 e. The first kappa shape index (κ1) is 58.4. The van der Waals surface area contributed by atoms with Gasteiger partial charge < -0.3 is 74.0 Å². The zero-order valence-electron chi connectivity index (χ0n) is 38.2. The average molecular weight is 882 g/mol. The molecule has 0 bridgehead atoms. The Kier molecular flexibility index (Phi) is 42.2. The minimum absolute atomic E-state index is 0.0189. The lowest BCUT2D eigenvalue weighted by Gasteiger charge is -2.34. The van der Waals surface area contributed by atoms with E-state index in [0.717, 1.165) is 25.8 Å². The van der Waals surface area contributed by atoms with Crippen molar-refractivity contribution in [3.63, 3.8) is 0 Å². The van der Waals surface area contributed by atoms with Gasteiger partial charge in [-0.25, -0.2) is 0 Å². The standard InChI is InChI=1S/C42H83N5O14/c1-6-17-52-25-14-44-38(48)9-21-59-34-42(35-60-22-10-39(49)45-15-26-53-18-7-2,36-61-23-11-40(50)46-16-27-54-19-8-3)47-41(51)12-20-55-28-30-57-32-33-58-31-29-56-24-13-43-37(4)5/h37,43H,6-36H2,1-5H3,(H,44,48)(H,45,49)(H,46,50)(H,47,51). The number of rotatable bonds is 47. The van der Waals surface area contributed by atoms with Crippen molar-refractivity contribution in [3.8, 4) is 0 Å². The van der Waals surface area contributed by atoms with E-state index in [9.17, 15) is 19.2 Å². The van der Waals surface area contributed by atoms with Gasteiger partial charge in [0.1, 0.15) is 5.54 Å². The van der Waals surface area contributed by atoms with Crippen LogP contribution in [0.4, 0.5) is 0 Å². The molecule has 0 saturated heterocycles. The lowest BCUT2D eigenvalue weighted by molar-refractivity contribution is -0.131. The Morgan fingerprint density at radius 3 is 1.03 bits per heavy atom. The fourth-order valence-corrected chi connectivity index (χ4v) is 5.03. The summed E-state index contributed by atoms with van der Waals surface area (Å²) in [7, 11) is 0. The Hall–Kier alpha value is -2.56. The highest BCUT2D eigenvalue weighted by Crippen LogP contribution is 2.11.